The van der Waals surface area contributed by atoms with Gasteiger partial charge in [-0.3, -0.25) is 9.69 Å². The molecule has 140 valence electrons. The average molecular weight is 366 g/mol. The quantitative estimate of drug-likeness (QED) is 0.787. The third-order valence-electron chi connectivity index (χ3n) is 3.87. The van der Waals surface area contributed by atoms with Crippen molar-refractivity contribution >= 4 is 5.91 Å². The molecule has 1 aliphatic heterocycles. The lowest BCUT2D eigenvalue weighted by Gasteiger charge is -2.32. The van der Waals surface area contributed by atoms with E-state index in [-0.39, 0.29) is 17.6 Å². The molecule has 1 fully saturated rings. The van der Waals surface area contributed by atoms with Crippen LogP contribution in [-0.4, -0.2) is 43.2 Å². The SMILES string of the molecule is O=C(NCC(F)F)C1CCCN(Cc2ccc(OC(F)(F)F)cc2)C1. The molecule has 25 heavy (non-hydrogen) atoms. The number of nitrogens with one attached hydrogen (secondary N) is 1. The van der Waals surface area contributed by atoms with E-state index in [4.69, 9.17) is 0 Å². The zero-order valence-electron chi connectivity index (χ0n) is 13.4. The highest BCUT2D eigenvalue weighted by atomic mass is 19.4. The summed E-state index contributed by atoms with van der Waals surface area (Å²) in [5.74, 6) is -1.04. The van der Waals surface area contributed by atoms with Gasteiger partial charge in [0, 0.05) is 13.1 Å². The molecule has 1 atom stereocenters. The van der Waals surface area contributed by atoms with Crippen molar-refractivity contribution in [3.05, 3.63) is 29.8 Å². The van der Waals surface area contributed by atoms with Crippen molar-refractivity contribution in [2.45, 2.75) is 32.2 Å². The molecule has 0 saturated carbocycles. The maximum absolute atomic E-state index is 12.2. The van der Waals surface area contributed by atoms with Crippen molar-refractivity contribution in [3.8, 4) is 5.75 Å². The summed E-state index contributed by atoms with van der Waals surface area (Å²) < 4.78 is 64.5. The topological polar surface area (TPSA) is 41.6 Å². The molecule has 1 unspecified atom stereocenters. The molecule has 1 saturated heterocycles. The lowest BCUT2D eigenvalue weighted by Crippen LogP contribution is -2.43. The third kappa shape index (κ3) is 6.85. The molecule has 0 bridgehead atoms. The molecule has 1 N–H and O–H groups in total. The van der Waals surface area contributed by atoms with Crippen LogP contribution in [0.15, 0.2) is 24.3 Å². The summed E-state index contributed by atoms with van der Waals surface area (Å²) in [7, 11) is 0. The van der Waals surface area contributed by atoms with Crippen molar-refractivity contribution in [2.24, 2.45) is 5.92 Å². The van der Waals surface area contributed by atoms with E-state index in [1.54, 1.807) is 0 Å². The predicted molar refractivity (Wildman–Crippen MR) is 80.1 cm³/mol. The molecule has 9 heteroatoms. The number of likely N-dealkylation sites (tertiary alicyclic amines) is 1. The van der Waals surface area contributed by atoms with Crippen LogP contribution in [0.5, 0.6) is 5.75 Å². The minimum atomic E-state index is -4.73. The van der Waals surface area contributed by atoms with Gasteiger partial charge in [0.15, 0.2) is 0 Å². The van der Waals surface area contributed by atoms with Crippen LogP contribution in [0.2, 0.25) is 0 Å². The third-order valence-corrected chi connectivity index (χ3v) is 3.87. The first-order valence-corrected chi connectivity index (χ1v) is 7.86. The number of ether oxygens (including phenoxy) is 1. The van der Waals surface area contributed by atoms with Crippen LogP contribution in [0, 0.1) is 5.92 Å². The van der Waals surface area contributed by atoms with Gasteiger partial charge in [0.2, 0.25) is 5.91 Å². The van der Waals surface area contributed by atoms with Crippen LogP contribution < -0.4 is 10.1 Å². The average Bonchev–Trinajstić information content (AvgIpc) is 2.53. The number of hydrogen-bond acceptors (Lipinski definition) is 3. The molecule has 0 aromatic heterocycles. The molecule has 0 radical (unpaired) electrons. The van der Waals surface area contributed by atoms with Crippen molar-refractivity contribution < 1.29 is 31.5 Å². The van der Waals surface area contributed by atoms with Gasteiger partial charge in [0.25, 0.3) is 6.43 Å². The first-order valence-electron chi connectivity index (χ1n) is 7.86. The molecule has 0 spiro atoms. The molecule has 0 aliphatic carbocycles. The smallest absolute Gasteiger partial charge is 0.406 e. The first kappa shape index (κ1) is 19.4. The molecule has 4 nitrogen and oxygen atoms in total. The van der Waals surface area contributed by atoms with Crippen LogP contribution in [0.25, 0.3) is 0 Å². The summed E-state index contributed by atoms with van der Waals surface area (Å²) >= 11 is 0. The van der Waals surface area contributed by atoms with Gasteiger partial charge >= 0.3 is 6.36 Å². The summed E-state index contributed by atoms with van der Waals surface area (Å²) in [5.41, 5.74) is 0.781. The van der Waals surface area contributed by atoms with E-state index in [1.165, 1.54) is 24.3 Å². The second-order valence-corrected chi connectivity index (χ2v) is 5.90. The van der Waals surface area contributed by atoms with Gasteiger partial charge in [-0.1, -0.05) is 12.1 Å². The van der Waals surface area contributed by atoms with E-state index in [1.807, 2.05) is 4.90 Å². The first-order chi connectivity index (χ1) is 11.7. The number of benzene rings is 1. The number of carbonyl (C=O) groups is 1. The number of halogens is 5. The predicted octanol–water partition coefficient (Wildman–Crippen LogP) is 3.18. The Morgan fingerprint density at radius 3 is 2.56 bits per heavy atom. The van der Waals surface area contributed by atoms with Crippen LogP contribution in [-0.2, 0) is 11.3 Å². The zero-order chi connectivity index (χ0) is 18.4. The number of hydrogen-bond donors (Lipinski definition) is 1. The molecule has 1 aromatic rings. The van der Waals surface area contributed by atoms with Gasteiger partial charge in [0.05, 0.1) is 12.5 Å². The van der Waals surface area contributed by atoms with Gasteiger partial charge in [-0.05, 0) is 37.1 Å². The fourth-order valence-corrected chi connectivity index (χ4v) is 2.79. The van der Waals surface area contributed by atoms with Crippen molar-refractivity contribution in [3.63, 3.8) is 0 Å². The van der Waals surface area contributed by atoms with Crippen LogP contribution in [0.4, 0.5) is 22.0 Å². The van der Waals surface area contributed by atoms with E-state index >= 15 is 0 Å². The molecule has 1 heterocycles. The number of rotatable bonds is 6. The Balaban J connectivity index is 1.86. The Kier molecular flexibility index (Phi) is 6.57. The van der Waals surface area contributed by atoms with Crippen LogP contribution in [0.1, 0.15) is 18.4 Å². The fourth-order valence-electron chi connectivity index (χ4n) is 2.79. The van der Waals surface area contributed by atoms with Crippen LogP contribution >= 0.6 is 0 Å². The van der Waals surface area contributed by atoms with E-state index in [9.17, 15) is 26.7 Å². The Morgan fingerprint density at radius 2 is 1.96 bits per heavy atom. The summed E-state index contributed by atoms with van der Waals surface area (Å²) in [6.45, 7) is 0.968. The van der Waals surface area contributed by atoms with Crippen molar-refractivity contribution in [1.82, 2.24) is 10.2 Å². The number of piperidine rings is 1. The molecule has 1 amide bonds. The normalized spacial score (nSPS) is 19.0. The van der Waals surface area contributed by atoms with E-state index in [0.29, 0.717) is 19.5 Å². The maximum atomic E-state index is 12.2. The fraction of sp³-hybridized carbons (Fsp3) is 0.562. The minimum Gasteiger partial charge on any atom is -0.406 e. The Morgan fingerprint density at radius 1 is 1.28 bits per heavy atom. The zero-order valence-corrected chi connectivity index (χ0v) is 13.4. The van der Waals surface area contributed by atoms with Gasteiger partial charge in [-0.25, -0.2) is 8.78 Å². The Hall–Kier alpha value is -1.90. The van der Waals surface area contributed by atoms with Crippen molar-refractivity contribution in [2.75, 3.05) is 19.6 Å². The standard InChI is InChI=1S/C16H19F5N2O2/c17-14(18)8-22-15(24)12-2-1-7-23(10-12)9-11-3-5-13(6-4-11)25-16(19,20)21/h3-6,12,14H,1-2,7-10H2,(H,22,24). The monoisotopic (exact) mass is 366 g/mol. The summed E-state index contributed by atoms with van der Waals surface area (Å²) in [6, 6.07) is 5.53. The maximum Gasteiger partial charge on any atom is 0.573 e. The van der Waals surface area contributed by atoms with Gasteiger partial charge < -0.3 is 10.1 Å². The van der Waals surface area contributed by atoms with E-state index in [0.717, 1.165) is 18.5 Å². The van der Waals surface area contributed by atoms with Crippen molar-refractivity contribution in [1.29, 1.82) is 0 Å². The number of nitrogens with zero attached hydrogens (tertiary/aromatic N) is 1. The Bertz CT molecular complexity index is 563. The summed E-state index contributed by atoms with van der Waals surface area (Å²) in [5, 5.41) is 2.23. The number of amides is 1. The molecule has 1 aromatic carbocycles. The summed E-state index contributed by atoms with van der Waals surface area (Å²) in [4.78, 5) is 13.9. The highest BCUT2D eigenvalue weighted by molar-refractivity contribution is 5.78. The minimum absolute atomic E-state index is 0.292. The van der Waals surface area contributed by atoms with Gasteiger partial charge in [-0.15, -0.1) is 13.2 Å². The van der Waals surface area contributed by atoms with E-state index < -0.39 is 19.3 Å². The van der Waals surface area contributed by atoms with Crippen LogP contribution in [0.3, 0.4) is 0 Å². The van der Waals surface area contributed by atoms with E-state index in [2.05, 4.69) is 10.1 Å². The molecular weight excluding hydrogens is 347 g/mol. The van der Waals surface area contributed by atoms with Gasteiger partial charge in [-0.2, -0.15) is 0 Å². The lowest BCUT2D eigenvalue weighted by atomic mass is 9.96. The number of carbonyl (C=O) groups excluding carboxylic acids is 1. The lowest BCUT2D eigenvalue weighted by molar-refractivity contribution is -0.274. The van der Waals surface area contributed by atoms with Gasteiger partial charge in [0.1, 0.15) is 5.75 Å². The molecular formula is C16H19F5N2O2. The molecule has 2 rings (SSSR count). The highest BCUT2D eigenvalue weighted by Gasteiger charge is 2.31. The highest BCUT2D eigenvalue weighted by Crippen LogP contribution is 2.24. The second kappa shape index (κ2) is 8.46. The largest absolute Gasteiger partial charge is 0.573 e. The number of alkyl halides is 5. The Labute approximate surface area is 141 Å². The summed E-state index contributed by atoms with van der Waals surface area (Å²) in [6.07, 6.45) is -5.93. The second-order valence-electron chi connectivity index (χ2n) is 5.90. The molecule has 1 aliphatic rings.